The van der Waals surface area contributed by atoms with E-state index in [0.29, 0.717) is 5.17 Å². The van der Waals surface area contributed by atoms with Crippen molar-refractivity contribution in [2.75, 3.05) is 5.88 Å². The molecule has 2 atom stereocenters. The number of aliphatic imine (C=N–C) groups is 1. The molecule has 1 aliphatic carbocycles. The van der Waals surface area contributed by atoms with E-state index < -0.39 is 0 Å². The molecule has 2 unspecified atom stereocenters. The smallest absolute Gasteiger partial charge is 0.252 e. The number of thioether (sulfide) groups is 1. The number of amidine groups is 1. The zero-order valence-electron chi connectivity index (χ0n) is 8.74. The monoisotopic (exact) mass is 260 g/mol. The van der Waals surface area contributed by atoms with Crippen LogP contribution >= 0.6 is 23.4 Å². The summed E-state index contributed by atoms with van der Waals surface area (Å²) in [5.41, 5.74) is 0. The number of carbonyl (C=O) groups excluding carboxylic acids is 2. The molecular weight excluding hydrogens is 248 g/mol. The first-order chi connectivity index (χ1) is 7.70. The Kier molecular flexibility index (Phi) is 3.86. The minimum Gasteiger partial charge on any atom is -0.304 e. The first-order valence-corrected chi connectivity index (χ1v) is 6.77. The van der Waals surface area contributed by atoms with Crippen molar-refractivity contribution in [2.45, 2.75) is 30.9 Å². The van der Waals surface area contributed by atoms with Gasteiger partial charge in [0.15, 0.2) is 5.17 Å². The quantitative estimate of drug-likeness (QED) is 0.728. The van der Waals surface area contributed by atoms with Crippen molar-refractivity contribution in [2.24, 2.45) is 10.9 Å². The lowest BCUT2D eigenvalue weighted by Crippen LogP contribution is -2.39. The molecule has 1 fully saturated rings. The molecule has 2 aliphatic rings. The second-order valence-electron chi connectivity index (χ2n) is 3.98. The molecule has 0 aromatic heterocycles. The predicted molar refractivity (Wildman–Crippen MR) is 64.6 cm³/mol. The van der Waals surface area contributed by atoms with Crippen LogP contribution in [0.15, 0.2) is 4.99 Å². The van der Waals surface area contributed by atoms with Gasteiger partial charge < -0.3 is 5.32 Å². The number of fused-ring (bicyclic) bond motifs is 1. The number of hydrogen-bond acceptors (Lipinski definition) is 3. The summed E-state index contributed by atoms with van der Waals surface area (Å²) < 4.78 is 0. The molecule has 88 valence electrons. The summed E-state index contributed by atoms with van der Waals surface area (Å²) in [5, 5.41) is 3.25. The topological polar surface area (TPSA) is 58.5 Å². The van der Waals surface area contributed by atoms with Gasteiger partial charge in [-0.05, 0) is 12.8 Å². The highest BCUT2D eigenvalue weighted by Gasteiger charge is 2.36. The van der Waals surface area contributed by atoms with E-state index in [1.807, 2.05) is 0 Å². The third kappa shape index (κ3) is 2.58. The predicted octanol–water partition coefficient (Wildman–Crippen LogP) is 1.53. The lowest BCUT2D eigenvalue weighted by molar-refractivity contribution is -0.122. The van der Waals surface area contributed by atoms with Crippen molar-refractivity contribution in [3.8, 4) is 0 Å². The number of rotatable bonds is 1. The van der Waals surface area contributed by atoms with Crippen LogP contribution in [0.25, 0.3) is 0 Å². The van der Waals surface area contributed by atoms with Crippen LogP contribution in [0.5, 0.6) is 0 Å². The molecule has 0 aromatic carbocycles. The molecule has 2 amide bonds. The molecule has 6 heteroatoms. The van der Waals surface area contributed by atoms with E-state index in [9.17, 15) is 9.59 Å². The Morgan fingerprint density at radius 3 is 3.00 bits per heavy atom. The van der Waals surface area contributed by atoms with Crippen molar-refractivity contribution in [3.05, 3.63) is 0 Å². The largest absolute Gasteiger partial charge is 0.304 e. The maximum Gasteiger partial charge on any atom is 0.252 e. The average Bonchev–Trinajstić information content (AvgIpc) is 2.29. The van der Waals surface area contributed by atoms with Crippen LogP contribution in [0.1, 0.15) is 25.7 Å². The van der Waals surface area contributed by atoms with E-state index in [2.05, 4.69) is 10.3 Å². The van der Waals surface area contributed by atoms with Crippen LogP contribution in [-0.4, -0.2) is 28.1 Å². The number of halogens is 1. The Labute approximate surface area is 103 Å². The summed E-state index contributed by atoms with van der Waals surface area (Å²) in [6.45, 7) is 0. The number of nitrogens with one attached hydrogen (secondary N) is 1. The van der Waals surface area contributed by atoms with E-state index in [4.69, 9.17) is 11.6 Å². The highest BCUT2D eigenvalue weighted by atomic mass is 35.5. The summed E-state index contributed by atoms with van der Waals surface area (Å²) in [5.74, 6) is -0.458. The molecule has 0 spiro atoms. The average molecular weight is 261 g/mol. The zero-order chi connectivity index (χ0) is 11.5. The first kappa shape index (κ1) is 11.9. The lowest BCUT2D eigenvalue weighted by atomic mass is 9.88. The van der Waals surface area contributed by atoms with E-state index in [1.165, 1.54) is 11.8 Å². The van der Waals surface area contributed by atoms with Gasteiger partial charge in [0.05, 0.1) is 5.92 Å². The number of nitrogens with zero attached hydrogens (tertiary/aromatic N) is 1. The van der Waals surface area contributed by atoms with Crippen molar-refractivity contribution >= 4 is 40.3 Å². The molecule has 1 N–H and O–H groups in total. The molecule has 2 rings (SSSR count). The van der Waals surface area contributed by atoms with Gasteiger partial charge in [-0.25, -0.2) is 0 Å². The minimum atomic E-state index is -0.310. The minimum absolute atomic E-state index is 0.0513. The summed E-state index contributed by atoms with van der Waals surface area (Å²) in [6, 6.07) is 0. The number of carbonyl (C=O) groups is 2. The summed E-state index contributed by atoms with van der Waals surface area (Å²) in [6.07, 6.45) is 4.21. The SMILES string of the molecule is O=C(CCl)NC1=NC(=O)C2CCCCC2S1. The Bertz CT molecular complexity index is 346. The highest BCUT2D eigenvalue weighted by Crippen LogP contribution is 2.37. The highest BCUT2D eigenvalue weighted by molar-refractivity contribution is 8.14. The standard InChI is InChI=1S/C10H13ClN2O2S/c11-5-8(14)12-10-13-9(15)6-3-1-2-4-7(6)16-10/h6-7H,1-5H2,(H,12,13,14,15). The van der Waals surface area contributed by atoms with E-state index in [-0.39, 0.29) is 28.9 Å². The van der Waals surface area contributed by atoms with Crippen LogP contribution < -0.4 is 5.32 Å². The van der Waals surface area contributed by atoms with Gasteiger partial charge in [-0.3, -0.25) is 9.59 Å². The fraction of sp³-hybridized carbons (Fsp3) is 0.700. The number of hydrogen-bond donors (Lipinski definition) is 1. The fourth-order valence-corrected chi connectivity index (χ4v) is 3.45. The van der Waals surface area contributed by atoms with Gasteiger partial charge in [-0.1, -0.05) is 24.6 Å². The van der Waals surface area contributed by atoms with Gasteiger partial charge in [-0.15, -0.1) is 11.6 Å². The van der Waals surface area contributed by atoms with Gasteiger partial charge >= 0.3 is 0 Å². The molecule has 4 nitrogen and oxygen atoms in total. The molecule has 0 saturated heterocycles. The summed E-state index contributed by atoms with van der Waals surface area (Å²) in [4.78, 5) is 26.7. The third-order valence-electron chi connectivity index (χ3n) is 2.86. The van der Waals surface area contributed by atoms with Gasteiger partial charge in [0, 0.05) is 5.25 Å². The van der Waals surface area contributed by atoms with Crippen molar-refractivity contribution in [1.29, 1.82) is 0 Å². The Morgan fingerprint density at radius 2 is 2.25 bits per heavy atom. The third-order valence-corrected chi connectivity index (χ3v) is 4.39. The molecule has 0 bridgehead atoms. The van der Waals surface area contributed by atoms with Crippen molar-refractivity contribution in [3.63, 3.8) is 0 Å². The van der Waals surface area contributed by atoms with Gasteiger partial charge in [-0.2, -0.15) is 4.99 Å². The van der Waals surface area contributed by atoms with Crippen LogP contribution in [0, 0.1) is 5.92 Å². The summed E-state index contributed by atoms with van der Waals surface area (Å²) in [7, 11) is 0. The van der Waals surface area contributed by atoms with Crippen LogP contribution in [0.3, 0.4) is 0 Å². The molecule has 16 heavy (non-hydrogen) atoms. The maximum atomic E-state index is 11.7. The Hall–Kier alpha value is -0.550. The molecular formula is C10H13ClN2O2S. The fourth-order valence-electron chi connectivity index (χ4n) is 2.08. The van der Waals surface area contributed by atoms with Crippen LogP contribution in [0.2, 0.25) is 0 Å². The van der Waals surface area contributed by atoms with E-state index >= 15 is 0 Å². The first-order valence-electron chi connectivity index (χ1n) is 5.35. The number of alkyl halides is 1. The lowest BCUT2D eigenvalue weighted by Gasteiger charge is -2.31. The van der Waals surface area contributed by atoms with Crippen molar-refractivity contribution in [1.82, 2.24) is 5.32 Å². The molecule has 1 aliphatic heterocycles. The molecule has 1 saturated carbocycles. The van der Waals surface area contributed by atoms with Crippen LogP contribution in [-0.2, 0) is 9.59 Å². The number of amides is 2. The van der Waals surface area contributed by atoms with Crippen LogP contribution in [0.4, 0.5) is 0 Å². The van der Waals surface area contributed by atoms with Gasteiger partial charge in [0.2, 0.25) is 5.91 Å². The Morgan fingerprint density at radius 1 is 1.50 bits per heavy atom. The maximum absolute atomic E-state index is 11.7. The second kappa shape index (κ2) is 5.19. The van der Waals surface area contributed by atoms with Gasteiger partial charge in [0.1, 0.15) is 5.88 Å². The normalized spacial score (nSPS) is 29.3. The zero-order valence-corrected chi connectivity index (χ0v) is 10.3. The van der Waals surface area contributed by atoms with Crippen molar-refractivity contribution < 1.29 is 9.59 Å². The summed E-state index contributed by atoms with van der Waals surface area (Å²) >= 11 is 6.89. The van der Waals surface area contributed by atoms with E-state index in [1.54, 1.807) is 0 Å². The molecule has 1 heterocycles. The second-order valence-corrected chi connectivity index (χ2v) is 5.48. The van der Waals surface area contributed by atoms with E-state index in [0.717, 1.165) is 25.7 Å². The molecule has 0 aromatic rings. The van der Waals surface area contributed by atoms with Gasteiger partial charge in [0.25, 0.3) is 5.91 Å². The Balaban J connectivity index is 2.06. The molecule has 0 radical (unpaired) electrons.